The summed E-state index contributed by atoms with van der Waals surface area (Å²) in [5, 5.41) is 9.90. The molecule has 35 heavy (non-hydrogen) atoms. The van der Waals surface area contributed by atoms with Gasteiger partial charge in [0, 0.05) is 18.2 Å². The van der Waals surface area contributed by atoms with E-state index in [0.29, 0.717) is 22.7 Å². The van der Waals surface area contributed by atoms with Crippen LogP contribution in [0.3, 0.4) is 0 Å². The van der Waals surface area contributed by atoms with Gasteiger partial charge in [-0.15, -0.1) is 0 Å². The average molecular weight is 486 g/mol. The minimum Gasteiger partial charge on any atom is -0.493 e. The molecular weight excluding hydrogens is 461 g/mol. The van der Waals surface area contributed by atoms with Crippen LogP contribution in [0.4, 0.5) is 24.7 Å². The number of fused-ring (bicyclic) bond motifs is 2. The third-order valence-corrected chi connectivity index (χ3v) is 6.59. The molecular formula is C25H25F3N4O3. The Morgan fingerprint density at radius 2 is 1.83 bits per heavy atom. The smallest absolute Gasteiger partial charge is 0.410 e. The molecule has 2 N–H and O–H groups in total. The third kappa shape index (κ3) is 4.40. The number of halogens is 3. The van der Waals surface area contributed by atoms with E-state index in [1.165, 1.54) is 31.4 Å². The van der Waals surface area contributed by atoms with Gasteiger partial charge >= 0.3 is 6.18 Å². The minimum atomic E-state index is -4.55. The van der Waals surface area contributed by atoms with Crippen LogP contribution in [0.25, 0.3) is 0 Å². The fourth-order valence-electron chi connectivity index (χ4n) is 4.82. The van der Waals surface area contributed by atoms with Crippen molar-refractivity contribution in [3.63, 3.8) is 0 Å². The van der Waals surface area contributed by atoms with Crippen LogP contribution in [0.1, 0.15) is 52.1 Å². The van der Waals surface area contributed by atoms with Crippen molar-refractivity contribution in [2.45, 2.75) is 43.9 Å². The molecule has 0 unspecified atom stereocenters. The molecule has 1 amide bonds. The first-order valence-electron chi connectivity index (χ1n) is 11.3. The van der Waals surface area contributed by atoms with Crippen LogP contribution in [-0.2, 0) is 12.8 Å². The number of hydrogen-bond donors (Lipinski definition) is 2. The number of hydrogen-bond acceptors (Lipinski definition) is 5. The second kappa shape index (κ2) is 8.83. The maximum atomic E-state index is 14.0. The molecule has 1 aliphatic carbocycles. The van der Waals surface area contributed by atoms with E-state index in [0.717, 1.165) is 23.9 Å². The maximum absolute atomic E-state index is 14.0. The van der Waals surface area contributed by atoms with E-state index in [4.69, 9.17) is 9.47 Å². The highest BCUT2D eigenvalue weighted by Gasteiger charge is 2.47. The molecule has 0 spiro atoms. The largest absolute Gasteiger partial charge is 0.493 e. The molecule has 3 aromatic rings. The molecule has 2 atom stereocenters. The van der Waals surface area contributed by atoms with E-state index in [1.54, 1.807) is 18.2 Å². The summed E-state index contributed by atoms with van der Waals surface area (Å²) >= 11 is 0. The van der Waals surface area contributed by atoms with Gasteiger partial charge in [-0.1, -0.05) is 12.1 Å². The standard InChI is InChI=1S/C25H25F3N4O3/c1-34-20-9-7-16(11-21(20)35-2)18-12-22(25(26,27)28)32-23(30-18)13-19(31-32)24(33)29-17-8-6-14-4-3-5-15(14)10-17/h6-11,13,18,22,30H,3-5,12H2,1-2H3,(H,29,33)/t18-,22-/m0/s1. The predicted molar refractivity (Wildman–Crippen MR) is 124 cm³/mol. The Kier molecular flexibility index (Phi) is 5.82. The number of benzene rings is 2. The lowest BCUT2D eigenvalue weighted by molar-refractivity contribution is -0.173. The summed E-state index contributed by atoms with van der Waals surface area (Å²) in [5.74, 6) is 0.464. The van der Waals surface area contributed by atoms with Gasteiger partial charge in [0.05, 0.1) is 20.3 Å². The molecule has 5 rings (SSSR count). The lowest BCUT2D eigenvalue weighted by atomic mass is 9.96. The number of aryl methyl sites for hydroxylation is 2. The summed E-state index contributed by atoms with van der Waals surface area (Å²) in [6.45, 7) is 0. The molecule has 2 aliphatic rings. The van der Waals surface area contributed by atoms with Crippen LogP contribution >= 0.6 is 0 Å². The van der Waals surface area contributed by atoms with Gasteiger partial charge < -0.3 is 20.1 Å². The SMILES string of the molecule is COc1ccc([C@@H]2C[C@@H](C(F)(F)F)n3nc(C(=O)Nc4ccc5c(c4)CCC5)cc3N2)cc1OC. The van der Waals surface area contributed by atoms with Crippen molar-refractivity contribution < 1.29 is 27.4 Å². The van der Waals surface area contributed by atoms with Gasteiger partial charge in [-0.3, -0.25) is 4.79 Å². The monoisotopic (exact) mass is 486 g/mol. The van der Waals surface area contributed by atoms with Gasteiger partial charge in [0.1, 0.15) is 5.82 Å². The molecule has 0 bridgehead atoms. The van der Waals surface area contributed by atoms with E-state index in [9.17, 15) is 18.0 Å². The second-order valence-electron chi connectivity index (χ2n) is 8.76. The number of nitrogens with zero attached hydrogens (tertiary/aromatic N) is 2. The Bertz CT molecular complexity index is 1270. The average Bonchev–Trinajstić information content (AvgIpc) is 3.48. The number of nitrogens with one attached hydrogen (secondary N) is 2. The number of carbonyl (C=O) groups excluding carboxylic acids is 1. The summed E-state index contributed by atoms with van der Waals surface area (Å²) in [5.41, 5.74) is 3.57. The first-order valence-corrected chi connectivity index (χ1v) is 11.3. The van der Waals surface area contributed by atoms with Crippen LogP contribution in [0.15, 0.2) is 42.5 Å². The van der Waals surface area contributed by atoms with Gasteiger partial charge in [-0.2, -0.15) is 18.3 Å². The molecule has 0 saturated carbocycles. The molecule has 0 radical (unpaired) electrons. The molecule has 0 saturated heterocycles. The Morgan fingerprint density at radius 1 is 1.06 bits per heavy atom. The molecule has 2 heterocycles. The van der Waals surface area contributed by atoms with Crippen LogP contribution < -0.4 is 20.1 Å². The summed E-state index contributed by atoms with van der Waals surface area (Å²) in [4.78, 5) is 12.9. The summed E-state index contributed by atoms with van der Waals surface area (Å²) in [6, 6.07) is 9.50. The highest BCUT2D eigenvalue weighted by molar-refractivity contribution is 6.03. The van der Waals surface area contributed by atoms with Crippen LogP contribution in [-0.4, -0.2) is 36.1 Å². The second-order valence-corrected chi connectivity index (χ2v) is 8.76. The number of alkyl halides is 3. The number of carbonyl (C=O) groups is 1. The van der Waals surface area contributed by atoms with Gasteiger partial charge in [0.2, 0.25) is 0 Å². The van der Waals surface area contributed by atoms with Gasteiger partial charge in [-0.25, -0.2) is 4.68 Å². The fraction of sp³-hybridized carbons (Fsp3) is 0.360. The van der Waals surface area contributed by atoms with E-state index in [2.05, 4.69) is 15.7 Å². The Hall–Kier alpha value is -3.69. The maximum Gasteiger partial charge on any atom is 0.410 e. The number of anilines is 2. The Labute approximate surface area is 200 Å². The Balaban J connectivity index is 1.43. The molecule has 0 fully saturated rings. The zero-order valence-corrected chi connectivity index (χ0v) is 19.3. The van der Waals surface area contributed by atoms with Crippen molar-refractivity contribution >= 4 is 17.4 Å². The topological polar surface area (TPSA) is 77.4 Å². The number of methoxy groups -OCH3 is 2. The van der Waals surface area contributed by atoms with Crippen LogP contribution in [0.5, 0.6) is 11.5 Å². The zero-order chi connectivity index (χ0) is 24.7. The van der Waals surface area contributed by atoms with E-state index in [-0.39, 0.29) is 17.9 Å². The van der Waals surface area contributed by atoms with E-state index < -0.39 is 24.2 Å². The summed E-state index contributed by atoms with van der Waals surface area (Å²) in [7, 11) is 2.96. The fourth-order valence-corrected chi connectivity index (χ4v) is 4.82. The Morgan fingerprint density at radius 3 is 2.57 bits per heavy atom. The predicted octanol–water partition coefficient (Wildman–Crippen LogP) is 5.30. The minimum absolute atomic E-state index is 0.0878. The van der Waals surface area contributed by atoms with Gasteiger partial charge in [-0.05, 0) is 60.2 Å². The van der Waals surface area contributed by atoms with Gasteiger partial charge in [0.25, 0.3) is 5.91 Å². The van der Waals surface area contributed by atoms with Crippen molar-refractivity contribution in [1.82, 2.24) is 9.78 Å². The van der Waals surface area contributed by atoms with E-state index >= 15 is 0 Å². The lowest BCUT2D eigenvalue weighted by Crippen LogP contribution is -2.35. The molecule has 2 aromatic carbocycles. The number of amides is 1. The van der Waals surface area contributed by atoms with Crippen LogP contribution in [0, 0.1) is 0 Å². The van der Waals surface area contributed by atoms with Crippen LogP contribution in [0.2, 0.25) is 0 Å². The highest BCUT2D eigenvalue weighted by Crippen LogP contribution is 2.44. The molecule has 1 aromatic heterocycles. The highest BCUT2D eigenvalue weighted by atomic mass is 19.4. The normalized spacial score (nSPS) is 18.9. The number of aromatic nitrogens is 2. The first kappa shape index (κ1) is 23.1. The van der Waals surface area contributed by atoms with Crippen molar-refractivity contribution in [3.8, 4) is 11.5 Å². The van der Waals surface area contributed by atoms with Crippen molar-refractivity contribution in [2.75, 3.05) is 24.9 Å². The first-order chi connectivity index (χ1) is 16.8. The lowest BCUT2D eigenvalue weighted by Gasteiger charge is -2.33. The van der Waals surface area contributed by atoms with E-state index in [1.807, 2.05) is 18.2 Å². The molecule has 1 aliphatic heterocycles. The molecule has 7 nitrogen and oxygen atoms in total. The third-order valence-electron chi connectivity index (χ3n) is 6.59. The summed E-state index contributed by atoms with van der Waals surface area (Å²) < 4.78 is 53.5. The molecule has 10 heteroatoms. The number of ether oxygens (including phenoxy) is 2. The van der Waals surface area contributed by atoms with Crippen molar-refractivity contribution in [3.05, 3.63) is 64.8 Å². The van der Waals surface area contributed by atoms with Crippen molar-refractivity contribution in [1.29, 1.82) is 0 Å². The zero-order valence-electron chi connectivity index (χ0n) is 19.3. The van der Waals surface area contributed by atoms with Crippen molar-refractivity contribution in [2.24, 2.45) is 0 Å². The number of rotatable bonds is 5. The molecule has 184 valence electrons. The van der Waals surface area contributed by atoms with Gasteiger partial charge in [0.15, 0.2) is 23.2 Å². The quantitative estimate of drug-likeness (QED) is 0.512. The summed E-state index contributed by atoms with van der Waals surface area (Å²) in [6.07, 6.45) is -1.80.